The number of carbonyl (C=O) groups is 2. The maximum Gasteiger partial charge on any atom is 0.244 e. The van der Waals surface area contributed by atoms with Gasteiger partial charge in [0.1, 0.15) is 18.4 Å². The molecule has 0 aliphatic carbocycles. The number of anilines is 1. The molecule has 0 spiro atoms. The molecule has 0 fully saturated rings. The molecule has 0 bridgehead atoms. The molecule has 0 unspecified atom stereocenters. The Hall–Kier alpha value is -3.43. The van der Waals surface area contributed by atoms with Crippen molar-refractivity contribution in [2.75, 3.05) is 23.7 Å². The third-order valence-corrected chi connectivity index (χ3v) is 7.41. The summed E-state index contributed by atoms with van der Waals surface area (Å²) in [5, 5.41) is 3.25. The van der Waals surface area contributed by atoms with Gasteiger partial charge in [-0.3, -0.25) is 13.9 Å². The molecule has 0 saturated carbocycles. The molecule has 3 aromatic carbocycles. The van der Waals surface area contributed by atoms with Gasteiger partial charge in [0.05, 0.1) is 11.9 Å². The van der Waals surface area contributed by atoms with E-state index in [2.05, 4.69) is 5.32 Å². The number of amides is 2. The third kappa shape index (κ3) is 7.79. The first kappa shape index (κ1) is 29.1. The van der Waals surface area contributed by atoms with Crippen LogP contribution in [-0.2, 0) is 32.6 Å². The number of hydrogen-bond acceptors (Lipinski definition) is 4. The number of hydrogen-bond donors (Lipinski definition) is 1. The van der Waals surface area contributed by atoms with Crippen LogP contribution in [-0.4, -0.2) is 50.5 Å². The average Bonchev–Trinajstić information content (AvgIpc) is 2.89. The Morgan fingerprint density at radius 2 is 1.61 bits per heavy atom. The monoisotopic (exact) mass is 559 g/mol. The van der Waals surface area contributed by atoms with Crippen LogP contribution >= 0.6 is 11.6 Å². The van der Waals surface area contributed by atoms with Crippen molar-refractivity contribution in [3.63, 3.8) is 0 Å². The molecule has 0 radical (unpaired) electrons. The molecule has 3 aromatic rings. The van der Waals surface area contributed by atoms with Gasteiger partial charge in [-0.05, 0) is 35.7 Å². The predicted molar refractivity (Wildman–Crippen MR) is 148 cm³/mol. The van der Waals surface area contributed by atoms with Gasteiger partial charge >= 0.3 is 0 Å². The first-order valence-corrected chi connectivity index (χ1v) is 14.4. The number of halogens is 2. The van der Waals surface area contributed by atoms with Crippen LogP contribution in [0.25, 0.3) is 0 Å². The van der Waals surface area contributed by atoms with E-state index in [0.29, 0.717) is 27.9 Å². The van der Waals surface area contributed by atoms with E-state index in [1.807, 2.05) is 37.3 Å². The Kier molecular flexibility index (Phi) is 10.3. The van der Waals surface area contributed by atoms with E-state index in [1.165, 1.54) is 23.1 Å². The van der Waals surface area contributed by atoms with Crippen molar-refractivity contribution in [2.24, 2.45) is 0 Å². The molecule has 3 rings (SSSR count). The SMILES string of the molecule is CCCNC(=O)[C@H](Cc1ccccc1)N(Cc1ccccc1Cl)C(=O)CN(c1ccccc1F)S(C)(=O)=O. The highest BCUT2D eigenvalue weighted by atomic mass is 35.5. The zero-order valence-electron chi connectivity index (χ0n) is 21.3. The molecule has 0 heterocycles. The van der Waals surface area contributed by atoms with Gasteiger partial charge in [0.2, 0.25) is 21.8 Å². The number of nitrogens with zero attached hydrogens (tertiary/aromatic N) is 2. The molecular formula is C28H31ClFN3O4S. The molecule has 2 amide bonds. The fourth-order valence-corrected chi connectivity index (χ4v) is 5.02. The second-order valence-electron chi connectivity index (χ2n) is 8.83. The van der Waals surface area contributed by atoms with Crippen LogP contribution in [0.4, 0.5) is 10.1 Å². The normalized spacial score (nSPS) is 12.0. The van der Waals surface area contributed by atoms with Crippen molar-refractivity contribution in [1.82, 2.24) is 10.2 Å². The van der Waals surface area contributed by atoms with E-state index < -0.39 is 34.3 Å². The van der Waals surface area contributed by atoms with Crippen molar-refractivity contribution in [3.05, 3.63) is 101 Å². The van der Waals surface area contributed by atoms with E-state index in [1.54, 1.807) is 24.3 Å². The van der Waals surface area contributed by atoms with Crippen molar-refractivity contribution in [2.45, 2.75) is 32.4 Å². The van der Waals surface area contributed by atoms with Crippen LogP contribution in [0, 0.1) is 5.82 Å². The lowest BCUT2D eigenvalue weighted by Crippen LogP contribution is -2.53. The van der Waals surface area contributed by atoms with Crippen molar-refractivity contribution >= 4 is 39.1 Å². The zero-order valence-corrected chi connectivity index (χ0v) is 22.9. The molecule has 1 atom stereocenters. The van der Waals surface area contributed by atoms with Gasteiger partial charge in [0.25, 0.3) is 0 Å². The molecule has 0 aromatic heterocycles. The quantitative estimate of drug-likeness (QED) is 0.356. The molecule has 0 aliphatic rings. The van der Waals surface area contributed by atoms with Gasteiger partial charge < -0.3 is 10.2 Å². The zero-order chi connectivity index (χ0) is 27.7. The summed E-state index contributed by atoms with van der Waals surface area (Å²) in [5.41, 5.74) is 1.15. The minimum absolute atomic E-state index is 0.0512. The highest BCUT2D eigenvalue weighted by Crippen LogP contribution is 2.24. The molecule has 7 nitrogen and oxygen atoms in total. The van der Waals surface area contributed by atoms with Gasteiger partial charge in [-0.25, -0.2) is 12.8 Å². The van der Waals surface area contributed by atoms with Crippen LogP contribution in [0.1, 0.15) is 24.5 Å². The number of rotatable bonds is 12. The molecular weight excluding hydrogens is 529 g/mol. The van der Waals surface area contributed by atoms with Crippen LogP contribution in [0.2, 0.25) is 5.02 Å². The largest absolute Gasteiger partial charge is 0.354 e. The van der Waals surface area contributed by atoms with Crippen LogP contribution in [0.3, 0.4) is 0 Å². The number of carbonyl (C=O) groups excluding carboxylic acids is 2. The third-order valence-electron chi connectivity index (χ3n) is 5.92. The number of sulfonamides is 1. The lowest BCUT2D eigenvalue weighted by molar-refractivity contribution is -0.140. The first-order chi connectivity index (χ1) is 18.1. The van der Waals surface area contributed by atoms with E-state index in [9.17, 15) is 22.4 Å². The van der Waals surface area contributed by atoms with E-state index in [-0.39, 0.29) is 24.6 Å². The summed E-state index contributed by atoms with van der Waals surface area (Å²) in [6, 6.07) is 20.5. The predicted octanol–water partition coefficient (Wildman–Crippen LogP) is 4.41. The minimum atomic E-state index is -4.05. The maximum atomic E-state index is 14.6. The number of nitrogens with one attached hydrogen (secondary N) is 1. The standard InChI is InChI=1S/C28H31ClFN3O4S/c1-3-17-31-28(35)26(18-21-11-5-4-6-12-21)32(19-22-13-7-8-14-23(22)29)27(34)20-33(38(2,36)37)25-16-10-9-15-24(25)30/h4-16,26H,3,17-20H2,1-2H3,(H,31,35)/t26-/m0/s1. The maximum absolute atomic E-state index is 14.6. The van der Waals surface area contributed by atoms with Crippen LogP contribution in [0.15, 0.2) is 78.9 Å². The summed E-state index contributed by atoms with van der Waals surface area (Å²) < 4.78 is 40.7. The van der Waals surface area contributed by atoms with Gasteiger partial charge in [0, 0.05) is 24.5 Å². The number of benzene rings is 3. The fraction of sp³-hybridized carbons (Fsp3) is 0.286. The summed E-state index contributed by atoms with van der Waals surface area (Å²) in [4.78, 5) is 28.6. The van der Waals surface area contributed by atoms with Crippen LogP contribution in [0.5, 0.6) is 0 Å². The minimum Gasteiger partial charge on any atom is -0.354 e. The van der Waals surface area contributed by atoms with Gasteiger partial charge in [0.15, 0.2) is 0 Å². The summed E-state index contributed by atoms with van der Waals surface area (Å²) in [6.07, 6.45) is 1.78. The van der Waals surface area contributed by atoms with Crippen LogP contribution < -0.4 is 9.62 Å². The van der Waals surface area contributed by atoms with Crippen molar-refractivity contribution in [3.8, 4) is 0 Å². The Bertz CT molecular complexity index is 1350. The lowest BCUT2D eigenvalue weighted by Gasteiger charge is -2.33. The summed E-state index contributed by atoms with van der Waals surface area (Å²) in [5.74, 6) is -1.84. The summed E-state index contributed by atoms with van der Waals surface area (Å²) in [7, 11) is -4.05. The topological polar surface area (TPSA) is 86.8 Å². The molecule has 202 valence electrons. The second-order valence-corrected chi connectivity index (χ2v) is 11.1. The van der Waals surface area contributed by atoms with Crippen molar-refractivity contribution < 1.29 is 22.4 Å². The van der Waals surface area contributed by atoms with E-state index in [0.717, 1.165) is 17.9 Å². The molecule has 0 aliphatic heterocycles. The Balaban J connectivity index is 2.06. The van der Waals surface area contributed by atoms with E-state index >= 15 is 0 Å². The van der Waals surface area contributed by atoms with Gasteiger partial charge in [-0.15, -0.1) is 0 Å². The fourth-order valence-electron chi connectivity index (χ4n) is 3.98. The first-order valence-electron chi connectivity index (χ1n) is 12.2. The smallest absolute Gasteiger partial charge is 0.244 e. The van der Waals surface area contributed by atoms with Gasteiger partial charge in [-0.2, -0.15) is 0 Å². The molecule has 10 heteroatoms. The Labute approximate surface area is 228 Å². The number of para-hydroxylation sites is 1. The summed E-state index contributed by atoms with van der Waals surface area (Å²) in [6.45, 7) is 1.57. The molecule has 38 heavy (non-hydrogen) atoms. The Morgan fingerprint density at radius 3 is 2.24 bits per heavy atom. The average molecular weight is 560 g/mol. The second kappa shape index (κ2) is 13.4. The summed E-state index contributed by atoms with van der Waals surface area (Å²) >= 11 is 6.40. The molecule has 0 saturated heterocycles. The highest BCUT2D eigenvalue weighted by Gasteiger charge is 2.33. The lowest BCUT2D eigenvalue weighted by atomic mass is 10.0. The van der Waals surface area contributed by atoms with Gasteiger partial charge in [-0.1, -0.05) is 79.2 Å². The highest BCUT2D eigenvalue weighted by molar-refractivity contribution is 7.92. The van der Waals surface area contributed by atoms with Crippen molar-refractivity contribution in [1.29, 1.82) is 0 Å². The molecule has 1 N–H and O–H groups in total. The van der Waals surface area contributed by atoms with E-state index in [4.69, 9.17) is 11.6 Å². The Morgan fingerprint density at radius 1 is 0.974 bits per heavy atom.